The van der Waals surface area contributed by atoms with Gasteiger partial charge in [0.25, 0.3) is 0 Å². The summed E-state index contributed by atoms with van der Waals surface area (Å²) in [5, 5.41) is 8.32. The quantitative estimate of drug-likeness (QED) is 0.142. The SMILES string of the molecule is Cc1cccc(C)c1N(c1[c-]c(-n2cccn2)cc(-c2c(C(C)C)cccc2C(C)C)c1)c1[c-]c(-c2nc3ccccc3c3c2CC2(Cc4ccccc4C2)C3)cc2ccccc12.[Pt+2]. The summed E-state index contributed by atoms with van der Waals surface area (Å²) in [5.41, 5.74) is 20.5. The first-order chi connectivity index (χ1) is 30.6. The van der Waals surface area contributed by atoms with Gasteiger partial charge in [-0.15, -0.1) is 41.5 Å². The fraction of sp³-hybridized carbons (Fsp3) is 0.220. The monoisotopic (exact) mass is 1010 g/mol. The van der Waals surface area contributed by atoms with Crippen molar-refractivity contribution in [3.63, 3.8) is 0 Å². The average Bonchev–Trinajstić information content (AvgIpc) is 4.05. The van der Waals surface area contributed by atoms with E-state index < -0.39 is 0 Å². The van der Waals surface area contributed by atoms with Crippen LogP contribution in [-0.2, 0) is 46.7 Å². The van der Waals surface area contributed by atoms with Gasteiger partial charge in [0.05, 0.1) is 5.52 Å². The first-order valence-electron chi connectivity index (χ1n) is 22.6. The van der Waals surface area contributed by atoms with Crippen molar-refractivity contribution in [3.05, 3.63) is 202 Å². The second kappa shape index (κ2) is 16.5. The van der Waals surface area contributed by atoms with Crippen molar-refractivity contribution >= 4 is 38.7 Å². The van der Waals surface area contributed by atoms with Gasteiger partial charge in [0, 0.05) is 23.5 Å². The van der Waals surface area contributed by atoms with Crippen LogP contribution in [0.2, 0.25) is 0 Å². The minimum atomic E-state index is 0. The molecule has 0 aliphatic heterocycles. The summed E-state index contributed by atoms with van der Waals surface area (Å²) in [6.07, 6.45) is 8.11. The molecule has 2 aromatic heterocycles. The number of pyridine rings is 1. The van der Waals surface area contributed by atoms with Crippen molar-refractivity contribution in [1.82, 2.24) is 14.8 Å². The molecular formula is C59H52N4Pt. The second-order valence-corrected chi connectivity index (χ2v) is 18.8. The molecule has 4 nitrogen and oxygen atoms in total. The number of para-hydroxylation sites is 2. The van der Waals surface area contributed by atoms with E-state index in [0.29, 0.717) is 11.8 Å². The summed E-state index contributed by atoms with van der Waals surface area (Å²) in [4.78, 5) is 8.02. The zero-order valence-electron chi connectivity index (χ0n) is 37.4. The number of hydrogen-bond donors (Lipinski definition) is 0. The van der Waals surface area contributed by atoms with E-state index in [0.717, 1.165) is 81.5 Å². The van der Waals surface area contributed by atoms with Gasteiger partial charge >= 0.3 is 21.1 Å². The van der Waals surface area contributed by atoms with Gasteiger partial charge in [-0.1, -0.05) is 153 Å². The molecule has 7 aromatic carbocycles. The number of nitrogens with zero attached hydrogens (tertiary/aromatic N) is 4. The van der Waals surface area contributed by atoms with Gasteiger partial charge in [-0.3, -0.25) is 9.67 Å². The van der Waals surface area contributed by atoms with E-state index in [1.54, 1.807) is 0 Å². The van der Waals surface area contributed by atoms with Gasteiger partial charge in [0.2, 0.25) is 0 Å². The van der Waals surface area contributed by atoms with Crippen molar-refractivity contribution in [3.8, 4) is 28.1 Å². The largest absolute Gasteiger partial charge is 2.00 e. The normalized spacial score (nSPS) is 13.8. The van der Waals surface area contributed by atoms with Gasteiger partial charge in [-0.05, 0) is 130 Å². The number of hydrogen-bond acceptors (Lipinski definition) is 3. The van der Waals surface area contributed by atoms with Crippen LogP contribution in [-0.4, -0.2) is 14.8 Å². The van der Waals surface area contributed by atoms with E-state index in [1.807, 2.05) is 23.1 Å². The number of anilines is 3. The maximum Gasteiger partial charge on any atom is 2.00 e. The van der Waals surface area contributed by atoms with E-state index >= 15 is 0 Å². The summed E-state index contributed by atoms with van der Waals surface area (Å²) in [6.45, 7) is 13.6. The summed E-state index contributed by atoms with van der Waals surface area (Å²) >= 11 is 0. The molecule has 2 aliphatic carbocycles. The molecule has 0 fully saturated rings. The Labute approximate surface area is 392 Å². The average molecular weight is 1010 g/mol. The summed E-state index contributed by atoms with van der Waals surface area (Å²) in [6, 6.07) is 57.1. The molecule has 2 aliphatic rings. The third kappa shape index (κ3) is 7.12. The maximum absolute atomic E-state index is 5.59. The first-order valence-corrected chi connectivity index (χ1v) is 22.6. The van der Waals surface area contributed by atoms with E-state index in [4.69, 9.17) is 10.1 Å². The zero-order chi connectivity index (χ0) is 43.0. The van der Waals surface area contributed by atoms with Crippen LogP contribution in [0.4, 0.5) is 17.1 Å². The smallest absolute Gasteiger partial charge is 0.351 e. The molecule has 64 heavy (non-hydrogen) atoms. The van der Waals surface area contributed by atoms with Gasteiger partial charge in [0.1, 0.15) is 0 Å². The molecular weight excluding hydrogens is 960 g/mol. The van der Waals surface area contributed by atoms with Crippen molar-refractivity contribution in [2.75, 3.05) is 4.90 Å². The molecule has 2 heterocycles. The van der Waals surface area contributed by atoms with Crippen LogP contribution in [0.15, 0.2) is 146 Å². The van der Waals surface area contributed by atoms with Gasteiger partial charge in [0.15, 0.2) is 0 Å². The van der Waals surface area contributed by atoms with Crippen LogP contribution in [0.25, 0.3) is 49.7 Å². The molecule has 1 spiro atoms. The molecule has 0 unspecified atom stereocenters. The molecule has 0 bridgehead atoms. The molecule has 0 saturated heterocycles. The fourth-order valence-corrected chi connectivity index (χ4v) is 11.0. The van der Waals surface area contributed by atoms with Crippen LogP contribution < -0.4 is 4.90 Å². The van der Waals surface area contributed by atoms with Gasteiger partial charge in [-0.2, -0.15) is 5.10 Å². The molecule has 9 aromatic rings. The molecule has 0 radical (unpaired) electrons. The zero-order valence-corrected chi connectivity index (χ0v) is 39.7. The predicted octanol–water partition coefficient (Wildman–Crippen LogP) is 14.7. The predicted molar refractivity (Wildman–Crippen MR) is 261 cm³/mol. The second-order valence-electron chi connectivity index (χ2n) is 18.8. The van der Waals surface area contributed by atoms with Crippen molar-refractivity contribution in [1.29, 1.82) is 0 Å². The molecule has 0 amide bonds. The molecule has 11 rings (SSSR count). The van der Waals surface area contributed by atoms with Crippen molar-refractivity contribution in [2.24, 2.45) is 5.41 Å². The van der Waals surface area contributed by atoms with Crippen molar-refractivity contribution < 1.29 is 21.1 Å². The Morgan fingerprint density at radius 1 is 0.641 bits per heavy atom. The van der Waals surface area contributed by atoms with E-state index in [2.05, 4.69) is 186 Å². The number of aryl methyl sites for hydroxylation is 2. The van der Waals surface area contributed by atoms with E-state index in [1.165, 1.54) is 55.5 Å². The Morgan fingerprint density at radius 2 is 1.28 bits per heavy atom. The van der Waals surface area contributed by atoms with Crippen LogP contribution in [0.3, 0.4) is 0 Å². The third-order valence-corrected chi connectivity index (χ3v) is 13.9. The Morgan fingerprint density at radius 3 is 1.97 bits per heavy atom. The van der Waals surface area contributed by atoms with Crippen LogP contribution in [0.5, 0.6) is 0 Å². The molecule has 5 heteroatoms. The van der Waals surface area contributed by atoms with Crippen LogP contribution in [0.1, 0.15) is 84.0 Å². The molecule has 0 saturated carbocycles. The maximum atomic E-state index is 5.59. The van der Waals surface area contributed by atoms with Gasteiger partial charge in [-0.25, -0.2) is 0 Å². The minimum Gasteiger partial charge on any atom is -0.351 e. The van der Waals surface area contributed by atoms with Crippen molar-refractivity contribution in [2.45, 2.75) is 79.1 Å². The topological polar surface area (TPSA) is 34.0 Å². The molecule has 0 N–H and O–H groups in total. The van der Waals surface area contributed by atoms with Crippen LogP contribution >= 0.6 is 0 Å². The standard InChI is InChI=1S/C59H52N4.Pt/c1-37(2)48-23-14-24-49(38(3)4)56(48)44-29-46(62-27-15-26-60-62)32-47(30-44)63(58-39(5)16-13-17-40(58)6)55-31-45(28-41-18-9-10-21-50(41)55)57-53-36-59(33-42-19-7-8-20-43(42)34-59)35-52(53)51-22-11-12-25-54(51)61-57;/h7-30,37-38H,33-36H2,1-6H3;/q-2;+2. The third-order valence-electron chi connectivity index (χ3n) is 13.9. The fourth-order valence-electron chi connectivity index (χ4n) is 11.0. The summed E-state index contributed by atoms with van der Waals surface area (Å²) < 4.78 is 1.95. The molecule has 318 valence electrons. The van der Waals surface area contributed by atoms with Gasteiger partial charge < -0.3 is 4.90 Å². The summed E-state index contributed by atoms with van der Waals surface area (Å²) in [5.74, 6) is 0.661. The molecule has 0 atom stereocenters. The summed E-state index contributed by atoms with van der Waals surface area (Å²) in [7, 11) is 0. The Kier molecular flexibility index (Phi) is 10.8. The minimum absolute atomic E-state index is 0. The van der Waals surface area contributed by atoms with E-state index in [9.17, 15) is 0 Å². The van der Waals surface area contributed by atoms with E-state index in [-0.39, 0.29) is 26.5 Å². The number of aromatic nitrogens is 3. The number of fused-ring (bicyclic) bond motifs is 5. The number of benzene rings is 7. The first kappa shape index (κ1) is 41.9. The Bertz CT molecular complexity index is 3160. The Hall–Kier alpha value is -6.09. The Balaban J connectivity index is 0.00000484. The number of rotatable bonds is 8. The van der Waals surface area contributed by atoms with Crippen LogP contribution in [0, 0.1) is 31.4 Å².